The molecule has 0 unspecified atom stereocenters. The quantitative estimate of drug-likeness (QED) is 0.745. The Labute approximate surface area is 137 Å². The molecule has 0 saturated heterocycles. The number of hydrogen-bond acceptors (Lipinski definition) is 3. The second kappa shape index (κ2) is 5.01. The molecule has 2 aliphatic rings. The molecule has 0 radical (unpaired) electrons. The first kappa shape index (κ1) is 14.6. The number of benzene rings is 2. The molecule has 2 aromatic rings. The Morgan fingerprint density at radius 1 is 0.913 bits per heavy atom. The van der Waals surface area contributed by atoms with Gasteiger partial charge in [-0.3, -0.25) is 0 Å². The third-order valence-electron chi connectivity index (χ3n) is 4.41. The molecule has 1 spiro atoms. The first-order valence-electron chi connectivity index (χ1n) is 8.11. The molecule has 0 bridgehead atoms. The van der Waals surface area contributed by atoms with Crippen LogP contribution in [-0.2, 0) is 10.9 Å². The van der Waals surface area contributed by atoms with E-state index in [1.165, 1.54) is 5.56 Å². The van der Waals surface area contributed by atoms with Gasteiger partial charge in [0.2, 0.25) is 0 Å². The molecule has 0 aliphatic carbocycles. The van der Waals surface area contributed by atoms with Gasteiger partial charge in [0.05, 0.1) is 0 Å². The topological polar surface area (TPSA) is 27.7 Å². The van der Waals surface area contributed by atoms with Crippen LogP contribution in [0.2, 0.25) is 0 Å². The maximum absolute atomic E-state index is 6.43. The third-order valence-corrected chi connectivity index (χ3v) is 8.31. The van der Waals surface area contributed by atoms with Gasteiger partial charge >= 0.3 is 136 Å². The van der Waals surface area contributed by atoms with Gasteiger partial charge in [-0.2, -0.15) is 0 Å². The summed E-state index contributed by atoms with van der Waals surface area (Å²) >= 11 is 0. The third kappa shape index (κ3) is 2.14. The molecule has 4 rings (SSSR count). The van der Waals surface area contributed by atoms with Crippen molar-refractivity contribution < 1.29 is 13.6 Å². The zero-order chi connectivity index (χ0) is 15.9. The number of hydrogen-bond donors (Lipinski definition) is 0. The van der Waals surface area contributed by atoms with Crippen molar-refractivity contribution in [1.29, 1.82) is 0 Å². The molecule has 0 amide bonds. The van der Waals surface area contributed by atoms with Crippen molar-refractivity contribution in [3.05, 3.63) is 65.9 Å². The van der Waals surface area contributed by atoms with E-state index >= 15 is 0 Å². The van der Waals surface area contributed by atoms with Crippen LogP contribution >= 0.6 is 7.28 Å². The van der Waals surface area contributed by atoms with Gasteiger partial charge in [0.1, 0.15) is 0 Å². The molecule has 0 saturated carbocycles. The summed E-state index contributed by atoms with van der Waals surface area (Å²) in [6.45, 7) is 4.15. The summed E-state index contributed by atoms with van der Waals surface area (Å²) in [5.41, 5.74) is 1.33. The van der Waals surface area contributed by atoms with Crippen LogP contribution in [-0.4, -0.2) is 6.16 Å². The number of para-hydroxylation sites is 2. The Balaban J connectivity index is 1.80. The Morgan fingerprint density at radius 3 is 2.09 bits per heavy atom. The van der Waals surface area contributed by atoms with E-state index in [-0.39, 0.29) is 0 Å². The number of aryl methyl sites for hydroxylation is 1. The summed E-state index contributed by atoms with van der Waals surface area (Å²) in [5, 5.41) is 1.01. The molecule has 0 aromatic heterocycles. The van der Waals surface area contributed by atoms with E-state index in [1.807, 2.05) is 31.2 Å². The monoisotopic (exact) mass is 328 g/mol. The van der Waals surface area contributed by atoms with Gasteiger partial charge in [0.15, 0.2) is 0 Å². The van der Waals surface area contributed by atoms with Crippen LogP contribution in [0.15, 0.2) is 60.4 Å². The van der Waals surface area contributed by atoms with E-state index in [2.05, 4.69) is 37.3 Å². The average Bonchev–Trinajstić information content (AvgIpc) is 3.07. The number of allylic oxidation sites excluding steroid dienone is 2. The predicted octanol–water partition coefficient (Wildman–Crippen LogP) is 4.97. The molecule has 120 valence electrons. The number of rotatable bonds is 3. The van der Waals surface area contributed by atoms with E-state index in [1.54, 1.807) is 0 Å². The van der Waals surface area contributed by atoms with E-state index in [0.717, 1.165) is 35.4 Å². The fourth-order valence-corrected chi connectivity index (χ4v) is 7.20. The van der Waals surface area contributed by atoms with Crippen molar-refractivity contribution >= 4 is 12.6 Å². The van der Waals surface area contributed by atoms with Crippen molar-refractivity contribution in [2.75, 3.05) is 6.16 Å². The first-order valence-corrected chi connectivity index (χ1v) is 10.3. The molecule has 4 heteroatoms. The second-order valence-corrected chi connectivity index (χ2v) is 9.69. The van der Waals surface area contributed by atoms with Crippen molar-refractivity contribution in [2.24, 2.45) is 0 Å². The van der Waals surface area contributed by atoms with Crippen LogP contribution < -0.4 is 14.4 Å². The molecule has 0 N–H and O–H groups in total. The van der Waals surface area contributed by atoms with Crippen LogP contribution in [0.5, 0.6) is 11.5 Å². The molecular weight excluding hydrogens is 307 g/mol. The SMILES string of the molecule is CCCc1ccc(P23(CC=C(C)O2)Oc2ccccc2O3)cc1. The van der Waals surface area contributed by atoms with Gasteiger partial charge < -0.3 is 0 Å². The van der Waals surface area contributed by atoms with E-state index < -0.39 is 7.28 Å². The van der Waals surface area contributed by atoms with Crippen LogP contribution in [0, 0.1) is 0 Å². The van der Waals surface area contributed by atoms with Crippen LogP contribution in [0.4, 0.5) is 0 Å². The maximum atomic E-state index is 6.43. The number of fused-ring (bicyclic) bond motifs is 1. The first-order chi connectivity index (χ1) is 11.1. The Morgan fingerprint density at radius 2 is 1.57 bits per heavy atom. The normalized spacial score (nSPS) is 21.3. The van der Waals surface area contributed by atoms with Crippen molar-refractivity contribution in [3.63, 3.8) is 0 Å². The molecule has 2 heterocycles. The average molecular weight is 328 g/mol. The zero-order valence-electron chi connectivity index (χ0n) is 13.5. The predicted molar refractivity (Wildman–Crippen MR) is 94.4 cm³/mol. The van der Waals surface area contributed by atoms with Crippen LogP contribution in [0.1, 0.15) is 25.8 Å². The Kier molecular flexibility index (Phi) is 3.18. The van der Waals surface area contributed by atoms with Crippen molar-refractivity contribution in [3.8, 4) is 11.5 Å². The fraction of sp³-hybridized carbons (Fsp3) is 0.263. The summed E-state index contributed by atoms with van der Waals surface area (Å²) in [5.74, 6) is 2.41. The van der Waals surface area contributed by atoms with Gasteiger partial charge in [0.25, 0.3) is 0 Å². The van der Waals surface area contributed by atoms with Crippen LogP contribution in [0.25, 0.3) is 0 Å². The molecule has 2 aromatic carbocycles. The summed E-state index contributed by atoms with van der Waals surface area (Å²) in [6.07, 6.45) is 4.94. The minimum absolute atomic E-state index is 0.652. The van der Waals surface area contributed by atoms with Gasteiger partial charge in [-0.1, -0.05) is 0 Å². The van der Waals surface area contributed by atoms with Crippen LogP contribution in [0.3, 0.4) is 0 Å². The van der Waals surface area contributed by atoms with Crippen molar-refractivity contribution in [1.82, 2.24) is 0 Å². The molecule has 2 aliphatic heterocycles. The van der Waals surface area contributed by atoms with Gasteiger partial charge in [-0.05, 0) is 0 Å². The zero-order valence-corrected chi connectivity index (χ0v) is 14.4. The van der Waals surface area contributed by atoms with E-state index in [4.69, 9.17) is 13.6 Å². The summed E-state index contributed by atoms with van der Waals surface area (Å²) in [4.78, 5) is 0. The van der Waals surface area contributed by atoms with Gasteiger partial charge in [-0.25, -0.2) is 0 Å². The molecule has 23 heavy (non-hydrogen) atoms. The molecular formula is C19H21O3P. The minimum atomic E-state index is -3.39. The van der Waals surface area contributed by atoms with Crippen molar-refractivity contribution in [2.45, 2.75) is 26.7 Å². The molecule has 0 atom stereocenters. The summed E-state index contributed by atoms with van der Waals surface area (Å²) in [6, 6.07) is 16.4. The Bertz CT molecular complexity index is 754. The fourth-order valence-electron chi connectivity index (χ4n) is 3.28. The van der Waals surface area contributed by atoms with E-state index in [9.17, 15) is 0 Å². The molecule has 3 nitrogen and oxygen atoms in total. The second-order valence-electron chi connectivity index (χ2n) is 6.18. The Hall–Kier alpha value is -1.99. The molecule has 0 fully saturated rings. The summed E-state index contributed by atoms with van der Waals surface area (Å²) in [7, 11) is -3.39. The van der Waals surface area contributed by atoms with E-state index in [0.29, 0.717) is 6.16 Å². The summed E-state index contributed by atoms with van der Waals surface area (Å²) < 4.78 is 19.2. The standard InChI is InChI=1S/C19H21O3P/c1-3-6-16-9-11-17(12-10-16)23(14-13-15(2)20-23)21-18-7-4-5-8-19(18)22-23/h4-5,7-13H,3,6,14H2,1-2H3. The van der Waals surface area contributed by atoms with Gasteiger partial charge in [0, 0.05) is 0 Å². The van der Waals surface area contributed by atoms with Gasteiger partial charge in [-0.15, -0.1) is 0 Å².